The van der Waals surface area contributed by atoms with E-state index in [0.717, 1.165) is 47.5 Å². The van der Waals surface area contributed by atoms with Crippen molar-refractivity contribution >= 4 is 17.2 Å². The normalized spacial score (nSPS) is 22.2. The molecule has 1 saturated carbocycles. The molecule has 5 heteroatoms. The molecule has 1 aliphatic carbocycles. The van der Waals surface area contributed by atoms with Gasteiger partial charge >= 0.3 is 0 Å². The minimum absolute atomic E-state index is 0.139. The van der Waals surface area contributed by atoms with Crippen molar-refractivity contribution in [1.82, 2.24) is 9.88 Å². The van der Waals surface area contributed by atoms with Crippen LogP contribution >= 0.6 is 11.3 Å². The molecule has 1 atom stereocenters. The van der Waals surface area contributed by atoms with E-state index < -0.39 is 0 Å². The third-order valence-electron chi connectivity index (χ3n) is 4.14. The summed E-state index contributed by atoms with van der Waals surface area (Å²) in [5.74, 6) is 0.953. The highest BCUT2D eigenvalue weighted by atomic mass is 32.1. The first-order valence-corrected chi connectivity index (χ1v) is 8.35. The number of rotatable bonds is 5. The van der Waals surface area contributed by atoms with E-state index in [0.29, 0.717) is 6.61 Å². The van der Waals surface area contributed by atoms with E-state index in [4.69, 9.17) is 4.74 Å². The molecule has 4 nitrogen and oxygen atoms in total. The molecule has 0 bridgehead atoms. The average molecular weight is 294 g/mol. The van der Waals surface area contributed by atoms with Gasteiger partial charge < -0.3 is 9.64 Å². The average Bonchev–Trinajstić information content (AvgIpc) is 2.93. The summed E-state index contributed by atoms with van der Waals surface area (Å²) in [6, 6.07) is 0.237. The summed E-state index contributed by atoms with van der Waals surface area (Å²) in [5.41, 5.74) is 0.896. The number of aryl methyl sites for hydroxylation is 1. The number of hydrogen-bond acceptors (Lipinski definition) is 4. The molecular weight excluding hydrogens is 272 g/mol. The molecule has 2 aliphatic rings. The lowest BCUT2D eigenvalue weighted by Gasteiger charge is -2.26. The Hall–Kier alpha value is -0.940. The second kappa shape index (κ2) is 5.82. The number of ether oxygens (including phenoxy) is 1. The predicted molar refractivity (Wildman–Crippen MR) is 79.2 cm³/mol. The second-order valence-corrected chi connectivity index (χ2v) is 6.86. The molecular formula is C15H22N2O2S. The van der Waals surface area contributed by atoms with Crippen LogP contribution in [0.2, 0.25) is 0 Å². The molecule has 1 aromatic rings. The van der Waals surface area contributed by atoms with E-state index in [9.17, 15) is 4.79 Å². The van der Waals surface area contributed by atoms with Crippen molar-refractivity contribution < 1.29 is 9.53 Å². The maximum Gasteiger partial charge on any atom is 0.266 e. The van der Waals surface area contributed by atoms with Crippen LogP contribution < -0.4 is 0 Å². The molecule has 3 rings (SSSR count). The highest BCUT2D eigenvalue weighted by Crippen LogP contribution is 2.34. The van der Waals surface area contributed by atoms with Gasteiger partial charge in [0.25, 0.3) is 5.91 Å². The fourth-order valence-electron chi connectivity index (χ4n) is 2.77. The van der Waals surface area contributed by atoms with Gasteiger partial charge in [0, 0.05) is 19.6 Å². The first-order valence-electron chi connectivity index (χ1n) is 7.54. The van der Waals surface area contributed by atoms with Gasteiger partial charge in [0.05, 0.1) is 23.4 Å². The van der Waals surface area contributed by atoms with Crippen LogP contribution in [0.25, 0.3) is 0 Å². The number of nitrogens with zero attached hydrogens (tertiary/aromatic N) is 2. The van der Waals surface area contributed by atoms with Crippen molar-refractivity contribution in [2.75, 3.05) is 19.8 Å². The zero-order valence-electron chi connectivity index (χ0n) is 12.2. The standard InChI is InChI=1S/C15H22N2O2S/c1-3-17(12-6-7-19-9-12)15(18)14-10(2)16-13(20-14)8-11-4-5-11/h11-12H,3-9H2,1-2H3. The quantitative estimate of drug-likeness (QED) is 0.838. The number of carbonyl (C=O) groups is 1. The lowest BCUT2D eigenvalue weighted by molar-refractivity contribution is 0.0670. The smallest absolute Gasteiger partial charge is 0.266 e. The Morgan fingerprint density at radius 1 is 1.45 bits per heavy atom. The van der Waals surface area contributed by atoms with Gasteiger partial charge in [-0.3, -0.25) is 4.79 Å². The first-order chi connectivity index (χ1) is 9.69. The largest absolute Gasteiger partial charge is 0.379 e. The van der Waals surface area contributed by atoms with Gasteiger partial charge in [0.15, 0.2) is 0 Å². The molecule has 1 unspecified atom stereocenters. The Bertz CT molecular complexity index is 490. The number of carbonyl (C=O) groups excluding carboxylic acids is 1. The molecule has 0 aromatic carbocycles. The lowest BCUT2D eigenvalue weighted by Crippen LogP contribution is -2.40. The summed E-state index contributed by atoms with van der Waals surface area (Å²) < 4.78 is 5.42. The van der Waals surface area contributed by atoms with Crippen molar-refractivity contribution in [3.8, 4) is 0 Å². The molecule has 0 N–H and O–H groups in total. The van der Waals surface area contributed by atoms with Crippen LogP contribution in [0.15, 0.2) is 0 Å². The molecule has 1 aromatic heterocycles. The van der Waals surface area contributed by atoms with E-state index in [-0.39, 0.29) is 11.9 Å². The SMILES string of the molecule is CCN(C(=O)c1sc(CC2CC2)nc1C)C1CCOC1. The van der Waals surface area contributed by atoms with Crippen LogP contribution in [0.5, 0.6) is 0 Å². The number of amides is 1. The van der Waals surface area contributed by atoms with Crippen molar-refractivity contribution in [2.45, 2.75) is 45.6 Å². The topological polar surface area (TPSA) is 42.4 Å². The molecule has 2 fully saturated rings. The highest BCUT2D eigenvalue weighted by Gasteiger charge is 2.30. The summed E-state index contributed by atoms with van der Waals surface area (Å²) in [7, 11) is 0. The van der Waals surface area contributed by atoms with Crippen molar-refractivity contribution in [1.29, 1.82) is 0 Å². The van der Waals surface area contributed by atoms with Gasteiger partial charge in [-0.1, -0.05) is 0 Å². The van der Waals surface area contributed by atoms with Gasteiger partial charge in [-0.2, -0.15) is 0 Å². The molecule has 1 amide bonds. The summed E-state index contributed by atoms with van der Waals surface area (Å²) in [5, 5.41) is 1.13. The van der Waals surface area contributed by atoms with Crippen LogP contribution in [0.3, 0.4) is 0 Å². The van der Waals surface area contributed by atoms with E-state index in [1.165, 1.54) is 12.8 Å². The van der Waals surface area contributed by atoms with E-state index >= 15 is 0 Å². The molecule has 2 heterocycles. The molecule has 0 spiro atoms. The zero-order valence-corrected chi connectivity index (χ0v) is 13.0. The van der Waals surface area contributed by atoms with Gasteiger partial charge in [-0.15, -0.1) is 11.3 Å². The molecule has 1 saturated heterocycles. The number of thiazole rings is 1. The Morgan fingerprint density at radius 2 is 2.25 bits per heavy atom. The molecule has 20 heavy (non-hydrogen) atoms. The van der Waals surface area contributed by atoms with Gasteiger partial charge in [-0.25, -0.2) is 4.98 Å². The zero-order chi connectivity index (χ0) is 14.1. The van der Waals surface area contributed by atoms with Crippen LogP contribution in [-0.2, 0) is 11.2 Å². The van der Waals surface area contributed by atoms with Gasteiger partial charge in [-0.05, 0) is 39.0 Å². The summed E-state index contributed by atoms with van der Waals surface area (Å²) in [4.78, 5) is 20.1. The molecule has 0 radical (unpaired) electrons. The van der Waals surface area contributed by atoms with Crippen molar-refractivity contribution in [2.24, 2.45) is 5.92 Å². The Balaban J connectivity index is 1.75. The van der Waals surface area contributed by atoms with Crippen LogP contribution in [0.4, 0.5) is 0 Å². The summed E-state index contributed by atoms with van der Waals surface area (Å²) in [6.07, 6.45) is 4.65. The second-order valence-electron chi connectivity index (χ2n) is 5.78. The first kappa shape index (κ1) is 14.0. The van der Waals surface area contributed by atoms with Crippen molar-refractivity contribution in [3.05, 3.63) is 15.6 Å². The maximum absolute atomic E-state index is 12.7. The number of hydrogen-bond donors (Lipinski definition) is 0. The minimum atomic E-state index is 0.139. The fraction of sp³-hybridized carbons (Fsp3) is 0.733. The van der Waals surface area contributed by atoms with Gasteiger partial charge in [0.2, 0.25) is 0 Å². The maximum atomic E-state index is 12.7. The number of aromatic nitrogens is 1. The van der Waals surface area contributed by atoms with Crippen LogP contribution in [0.1, 0.15) is 46.6 Å². The lowest BCUT2D eigenvalue weighted by atomic mass is 10.2. The summed E-state index contributed by atoms with van der Waals surface area (Å²) in [6.45, 7) is 6.17. The Labute approximate surface area is 124 Å². The predicted octanol–water partition coefficient (Wildman–Crippen LogP) is 2.66. The number of likely N-dealkylation sites (N-methyl/N-ethyl adjacent to an activating group) is 1. The fourth-order valence-corrected chi connectivity index (χ4v) is 3.91. The third kappa shape index (κ3) is 2.88. The molecule has 110 valence electrons. The van der Waals surface area contributed by atoms with E-state index in [2.05, 4.69) is 4.98 Å². The van der Waals surface area contributed by atoms with Gasteiger partial charge in [0.1, 0.15) is 4.88 Å². The molecule has 1 aliphatic heterocycles. The summed E-state index contributed by atoms with van der Waals surface area (Å²) >= 11 is 1.60. The Kier molecular flexibility index (Phi) is 4.08. The van der Waals surface area contributed by atoms with E-state index in [1.807, 2.05) is 18.7 Å². The Morgan fingerprint density at radius 3 is 2.85 bits per heavy atom. The van der Waals surface area contributed by atoms with Crippen molar-refractivity contribution in [3.63, 3.8) is 0 Å². The van der Waals surface area contributed by atoms with Crippen LogP contribution in [0, 0.1) is 12.8 Å². The minimum Gasteiger partial charge on any atom is -0.379 e. The third-order valence-corrected chi connectivity index (χ3v) is 5.31. The van der Waals surface area contributed by atoms with Crippen LogP contribution in [-0.4, -0.2) is 41.6 Å². The van der Waals surface area contributed by atoms with E-state index in [1.54, 1.807) is 11.3 Å². The monoisotopic (exact) mass is 294 g/mol. The highest BCUT2D eigenvalue weighted by molar-refractivity contribution is 7.13.